The van der Waals surface area contributed by atoms with Crippen molar-refractivity contribution in [2.75, 3.05) is 76.0 Å². The third-order valence-electron chi connectivity index (χ3n) is 6.91. The van der Waals surface area contributed by atoms with Crippen molar-refractivity contribution in [3.8, 4) is 0 Å². The van der Waals surface area contributed by atoms with Gasteiger partial charge >= 0.3 is 5.97 Å². The molecule has 2 aliphatic heterocycles. The Hall–Kier alpha value is -1.10. The van der Waals surface area contributed by atoms with Crippen molar-refractivity contribution in [2.45, 2.75) is 57.8 Å². The number of hydrogen-bond acceptors (Lipinski definition) is 7. The number of carbonyl (C=O) groups excluding carboxylic acids is 1. The minimum Gasteiger partial charge on any atom is -0.481 e. The first-order chi connectivity index (χ1) is 14.2. The van der Waals surface area contributed by atoms with Gasteiger partial charge in [0.1, 0.15) is 12.1 Å². The van der Waals surface area contributed by atoms with Crippen LogP contribution in [0.3, 0.4) is 0 Å². The van der Waals surface area contributed by atoms with Gasteiger partial charge < -0.3 is 5.11 Å². The fourth-order valence-electron chi connectivity index (χ4n) is 5.33. The maximum Gasteiger partial charge on any atom is 0.309 e. The second-order valence-corrected chi connectivity index (χ2v) is 10.1. The molecule has 9 nitrogen and oxygen atoms in total. The van der Waals surface area contributed by atoms with E-state index in [1.54, 1.807) is 6.92 Å². The molecule has 2 fully saturated rings. The average molecular weight is 444 g/mol. The highest BCUT2D eigenvalue weighted by molar-refractivity contribution is 5.81. The molecule has 0 aromatic rings. The summed E-state index contributed by atoms with van der Waals surface area (Å²) in [6.45, 7) is 6.63. The zero-order valence-electron chi connectivity index (χ0n) is 21.5. The fraction of sp³-hybridized carbons (Fsp3) is 0.909. The van der Waals surface area contributed by atoms with E-state index in [0.29, 0.717) is 12.6 Å². The predicted molar refractivity (Wildman–Crippen MR) is 124 cm³/mol. The van der Waals surface area contributed by atoms with Crippen LogP contribution in [0.1, 0.15) is 33.1 Å². The summed E-state index contributed by atoms with van der Waals surface area (Å²) in [5.41, 5.74) is 0. The zero-order chi connectivity index (χ0) is 24.1. The van der Waals surface area contributed by atoms with Crippen LogP contribution in [0.2, 0.25) is 0 Å². The Labute approximate surface area is 189 Å². The van der Waals surface area contributed by atoms with Gasteiger partial charge in [0.15, 0.2) is 0 Å². The van der Waals surface area contributed by atoms with Crippen LogP contribution in [0.5, 0.6) is 0 Å². The van der Waals surface area contributed by atoms with Crippen LogP contribution in [0.4, 0.5) is 0 Å². The van der Waals surface area contributed by atoms with Gasteiger partial charge in [-0.3, -0.25) is 28.8 Å². The highest BCUT2D eigenvalue weighted by Gasteiger charge is 2.43. The monoisotopic (exact) mass is 443 g/mol. The maximum absolute atomic E-state index is 11.4. The summed E-state index contributed by atoms with van der Waals surface area (Å²) >= 11 is 0. The quantitative estimate of drug-likeness (QED) is 0.597. The molecule has 5 atom stereocenters. The standard InChI is InChI=1S/C12H25N3O2.C10H21N3O/c1-10-6-8-15(5,9-7-11(16)17)12(13(2)3)14(10)4;1-8(14)9-6-7-12(4)10(11(2)3)13(9)5/h10,12H,6-9H2,1-5H3;9-10H,6-7H2,1-5H3/p+1. The molecule has 0 aromatic carbocycles. The Bertz CT molecular complexity index is 602. The van der Waals surface area contributed by atoms with Crippen LogP contribution in [0.25, 0.3) is 0 Å². The first-order valence-electron chi connectivity index (χ1n) is 11.3. The summed E-state index contributed by atoms with van der Waals surface area (Å²) in [5.74, 6) is -0.435. The summed E-state index contributed by atoms with van der Waals surface area (Å²) in [5, 5.41) is 8.86. The number of rotatable bonds is 6. The lowest BCUT2D eigenvalue weighted by Crippen LogP contribution is -2.70. The number of nitrogens with zero attached hydrogens (tertiary/aromatic N) is 6. The highest BCUT2D eigenvalue weighted by Crippen LogP contribution is 2.26. The van der Waals surface area contributed by atoms with Gasteiger partial charge in [-0.1, -0.05) is 0 Å². The van der Waals surface area contributed by atoms with Crippen molar-refractivity contribution in [1.82, 2.24) is 24.5 Å². The van der Waals surface area contributed by atoms with Crippen molar-refractivity contribution in [2.24, 2.45) is 0 Å². The molecule has 1 N–H and O–H groups in total. The number of likely N-dealkylation sites (N-methyl/N-ethyl adjacent to an activating group) is 1. The lowest BCUT2D eigenvalue weighted by Gasteiger charge is -2.53. The van der Waals surface area contributed by atoms with Gasteiger partial charge in [-0.25, -0.2) is 9.80 Å². The minimum absolute atomic E-state index is 0.0820. The Balaban J connectivity index is 0.000000316. The molecule has 2 saturated heterocycles. The molecule has 9 heteroatoms. The van der Waals surface area contributed by atoms with Crippen LogP contribution in [0, 0.1) is 0 Å². The fourth-order valence-corrected chi connectivity index (χ4v) is 5.33. The number of quaternary nitrogens is 1. The summed E-state index contributed by atoms with van der Waals surface area (Å²) in [7, 11) is 16.6. The molecule has 0 bridgehead atoms. The van der Waals surface area contributed by atoms with E-state index in [-0.39, 0.29) is 30.8 Å². The molecular formula is C22H47N6O3+. The van der Waals surface area contributed by atoms with E-state index in [9.17, 15) is 9.59 Å². The Kier molecular flexibility index (Phi) is 10.5. The Morgan fingerprint density at radius 2 is 1.61 bits per heavy atom. The van der Waals surface area contributed by atoms with Crippen molar-refractivity contribution < 1.29 is 19.2 Å². The van der Waals surface area contributed by atoms with E-state index in [1.165, 1.54) is 0 Å². The first-order valence-corrected chi connectivity index (χ1v) is 11.3. The lowest BCUT2D eigenvalue weighted by molar-refractivity contribution is -0.962. The largest absolute Gasteiger partial charge is 0.481 e. The van der Waals surface area contributed by atoms with Gasteiger partial charge in [-0.15, -0.1) is 0 Å². The second kappa shape index (κ2) is 11.7. The molecule has 0 amide bonds. The van der Waals surface area contributed by atoms with E-state index < -0.39 is 5.97 Å². The summed E-state index contributed by atoms with van der Waals surface area (Å²) in [4.78, 5) is 33.3. The molecule has 0 spiro atoms. The molecule has 0 aliphatic carbocycles. The molecule has 2 aliphatic rings. The second-order valence-electron chi connectivity index (χ2n) is 10.1. The van der Waals surface area contributed by atoms with Gasteiger partial charge in [0.25, 0.3) is 0 Å². The zero-order valence-corrected chi connectivity index (χ0v) is 21.5. The number of aliphatic carboxylic acids is 1. The first kappa shape index (κ1) is 27.9. The Morgan fingerprint density at radius 3 is 2.06 bits per heavy atom. The molecule has 2 rings (SSSR count). The molecular weight excluding hydrogens is 396 g/mol. The Morgan fingerprint density at radius 1 is 1.03 bits per heavy atom. The van der Waals surface area contributed by atoms with E-state index in [4.69, 9.17) is 5.11 Å². The molecule has 0 saturated carbocycles. The molecule has 0 aromatic heterocycles. The van der Waals surface area contributed by atoms with Gasteiger partial charge in [0.2, 0.25) is 6.29 Å². The van der Waals surface area contributed by atoms with Crippen LogP contribution < -0.4 is 0 Å². The van der Waals surface area contributed by atoms with Gasteiger partial charge in [0, 0.05) is 19.0 Å². The maximum atomic E-state index is 11.4. The van der Waals surface area contributed by atoms with Crippen molar-refractivity contribution in [3.05, 3.63) is 0 Å². The average Bonchev–Trinajstić information content (AvgIpc) is 2.63. The van der Waals surface area contributed by atoms with Gasteiger partial charge in [-0.05, 0) is 69.6 Å². The SMILES string of the molecule is CC(=O)C1CCN(C)C(N(C)C)N1C.CC1CC[N+](C)(CCC(=O)O)C(N(C)C)N1C. The number of carboxylic acid groups (broad SMARTS) is 1. The molecule has 5 unspecified atom stereocenters. The van der Waals surface area contributed by atoms with Crippen molar-refractivity contribution in [1.29, 1.82) is 0 Å². The minimum atomic E-state index is -0.705. The van der Waals surface area contributed by atoms with E-state index >= 15 is 0 Å². The topological polar surface area (TPSA) is 70.6 Å². The van der Waals surface area contributed by atoms with Gasteiger partial charge in [0.05, 0.1) is 32.6 Å². The molecule has 0 radical (unpaired) electrons. The van der Waals surface area contributed by atoms with Crippen molar-refractivity contribution >= 4 is 11.8 Å². The normalized spacial score (nSPS) is 33.3. The van der Waals surface area contributed by atoms with Gasteiger partial charge in [-0.2, -0.15) is 0 Å². The number of carboxylic acids is 1. The molecule has 31 heavy (non-hydrogen) atoms. The van der Waals surface area contributed by atoms with Crippen LogP contribution in [-0.2, 0) is 9.59 Å². The van der Waals surface area contributed by atoms with E-state index in [1.807, 2.05) is 21.1 Å². The van der Waals surface area contributed by atoms with Crippen LogP contribution in [-0.4, -0.2) is 147 Å². The molecule has 182 valence electrons. The molecule has 2 heterocycles. The van der Waals surface area contributed by atoms with Crippen LogP contribution in [0.15, 0.2) is 0 Å². The number of carbonyl (C=O) groups is 2. The predicted octanol–water partition coefficient (Wildman–Crippen LogP) is 0.533. The van der Waals surface area contributed by atoms with Crippen LogP contribution >= 0.6 is 0 Å². The number of hydrogen-bond donors (Lipinski definition) is 1. The summed E-state index contributed by atoms with van der Waals surface area (Å²) in [6, 6.07) is 0.636. The van der Waals surface area contributed by atoms with Crippen molar-refractivity contribution in [3.63, 3.8) is 0 Å². The number of Topliss-reactive ketones (excluding diaryl/α,β-unsaturated/α-hetero) is 1. The highest BCUT2D eigenvalue weighted by atomic mass is 16.4. The third-order valence-corrected chi connectivity index (χ3v) is 6.91. The number of ketones is 1. The third kappa shape index (κ3) is 7.20. The lowest BCUT2D eigenvalue weighted by atomic mass is 10.1. The smallest absolute Gasteiger partial charge is 0.309 e. The summed E-state index contributed by atoms with van der Waals surface area (Å²) < 4.78 is 0.792. The summed E-state index contributed by atoms with van der Waals surface area (Å²) in [6.07, 6.45) is 2.79. The van der Waals surface area contributed by atoms with E-state index in [2.05, 4.69) is 66.7 Å². The van der Waals surface area contributed by atoms with E-state index in [0.717, 1.165) is 30.4 Å².